The zero-order valence-electron chi connectivity index (χ0n) is 21.5. The van der Waals surface area contributed by atoms with Crippen LogP contribution in [0.25, 0.3) is 0 Å². The number of rotatable bonds is 17. The van der Waals surface area contributed by atoms with Gasteiger partial charge in [-0.05, 0) is 24.9 Å². The Morgan fingerprint density at radius 1 is 0.897 bits per heavy atom. The van der Waals surface area contributed by atoms with Crippen LogP contribution in [0.2, 0.25) is 0 Å². The molecule has 4 amide bonds. The minimum absolute atomic E-state index is 0.0240. The van der Waals surface area contributed by atoms with Crippen molar-refractivity contribution in [2.45, 2.75) is 62.7 Å². The number of carboxylic acid groups (broad SMARTS) is 1. The SMILES string of the molecule is NCCCCC(N)C(=O)NC(Cc1cnc[nH]1)C(=O)NC(CC(N)=O)C(=O)NC(Cc1ccccc1)C(=O)O. The van der Waals surface area contributed by atoms with Crippen LogP contribution < -0.4 is 33.2 Å². The number of hydrogen-bond acceptors (Lipinski definition) is 8. The molecular formula is C25H36N8O6. The Morgan fingerprint density at radius 3 is 2.13 bits per heavy atom. The van der Waals surface area contributed by atoms with E-state index in [2.05, 4.69) is 25.9 Å². The highest BCUT2D eigenvalue weighted by atomic mass is 16.4. The molecule has 0 aliphatic carbocycles. The number of imidazole rings is 1. The zero-order chi connectivity index (χ0) is 28.8. The second-order valence-electron chi connectivity index (χ2n) is 9.05. The fourth-order valence-corrected chi connectivity index (χ4v) is 3.75. The van der Waals surface area contributed by atoms with Crippen LogP contribution in [0.4, 0.5) is 0 Å². The minimum atomic E-state index is -1.49. The summed E-state index contributed by atoms with van der Waals surface area (Å²) in [7, 11) is 0. The lowest BCUT2D eigenvalue weighted by Gasteiger charge is -2.24. The predicted octanol–water partition coefficient (Wildman–Crippen LogP) is -1.93. The molecule has 0 aliphatic heterocycles. The average Bonchev–Trinajstić information content (AvgIpc) is 3.41. The number of nitrogens with one attached hydrogen (secondary N) is 4. The molecule has 4 atom stereocenters. The molecule has 1 aromatic carbocycles. The maximum Gasteiger partial charge on any atom is 0.326 e. The highest BCUT2D eigenvalue weighted by molar-refractivity contribution is 5.96. The number of carbonyl (C=O) groups is 5. The first-order valence-corrected chi connectivity index (χ1v) is 12.5. The van der Waals surface area contributed by atoms with E-state index in [1.807, 2.05) is 0 Å². The third kappa shape index (κ3) is 10.9. The molecule has 0 aliphatic rings. The number of aromatic amines is 1. The molecule has 14 nitrogen and oxygen atoms in total. The number of benzene rings is 1. The fraction of sp³-hybridized carbons (Fsp3) is 0.440. The van der Waals surface area contributed by atoms with Crippen molar-refractivity contribution in [2.75, 3.05) is 6.54 Å². The third-order valence-corrected chi connectivity index (χ3v) is 5.85. The first-order valence-electron chi connectivity index (χ1n) is 12.5. The Labute approximate surface area is 225 Å². The Bertz CT molecular complexity index is 1100. The van der Waals surface area contributed by atoms with Gasteiger partial charge in [0.05, 0.1) is 18.8 Å². The standard InChI is InChI=1S/C25H36N8O6/c26-9-5-4-8-17(27)22(35)31-18(11-16-13-29-14-30-16)23(36)32-19(12-21(28)34)24(37)33-20(25(38)39)10-15-6-2-1-3-7-15/h1-3,6-7,13-14,17-20H,4-5,8-12,26-27H2,(H2,28,34)(H,29,30)(H,31,35)(H,32,36)(H,33,37)(H,38,39). The Kier molecular flexibility index (Phi) is 12.6. The van der Waals surface area contributed by atoms with Gasteiger partial charge in [-0.25, -0.2) is 9.78 Å². The summed E-state index contributed by atoms with van der Waals surface area (Å²) in [6.07, 6.45) is 3.87. The fourth-order valence-electron chi connectivity index (χ4n) is 3.75. The largest absolute Gasteiger partial charge is 0.480 e. The Hall–Kier alpha value is -4.30. The van der Waals surface area contributed by atoms with Crippen LogP contribution >= 0.6 is 0 Å². The van der Waals surface area contributed by atoms with E-state index in [4.69, 9.17) is 17.2 Å². The van der Waals surface area contributed by atoms with Crippen LogP contribution in [0.1, 0.15) is 36.9 Å². The zero-order valence-corrected chi connectivity index (χ0v) is 21.5. The number of nitrogens with two attached hydrogens (primary N) is 3. The highest BCUT2D eigenvalue weighted by Gasteiger charge is 2.31. The monoisotopic (exact) mass is 544 g/mol. The number of primary amides is 1. The van der Waals surface area contributed by atoms with Crippen molar-refractivity contribution in [3.05, 3.63) is 54.1 Å². The maximum absolute atomic E-state index is 13.2. The van der Waals surface area contributed by atoms with E-state index >= 15 is 0 Å². The summed E-state index contributed by atoms with van der Waals surface area (Å²) >= 11 is 0. The van der Waals surface area contributed by atoms with Crippen molar-refractivity contribution in [2.24, 2.45) is 17.2 Å². The third-order valence-electron chi connectivity index (χ3n) is 5.85. The van der Waals surface area contributed by atoms with E-state index in [-0.39, 0.29) is 12.8 Å². The number of aliphatic carboxylic acids is 1. The summed E-state index contributed by atoms with van der Waals surface area (Å²) in [4.78, 5) is 69.1. The molecular weight excluding hydrogens is 508 g/mol. The molecule has 0 radical (unpaired) electrons. The van der Waals surface area contributed by atoms with E-state index in [9.17, 15) is 29.1 Å². The number of hydrogen-bond donors (Lipinski definition) is 8. The van der Waals surface area contributed by atoms with Gasteiger partial charge in [0.2, 0.25) is 23.6 Å². The molecule has 39 heavy (non-hydrogen) atoms. The lowest BCUT2D eigenvalue weighted by Crippen LogP contribution is -2.58. The van der Waals surface area contributed by atoms with Gasteiger partial charge < -0.3 is 43.2 Å². The number of unbranched alkanes of at least 4 members (excludes halogenated alkanes) is 1. The molecule has 0 spiro atoms. The van der Waals surface area contributed by atoms with Gasteiger partial charge in [0.25, 0.3) is 0 Å². The lowest BCUT2D eigenvalue weighted by molar-refractivity contribution is -0.142. The molecule has 14 heteroatoms. The second kappa shape index (κ2) is 15.8. The van der Waals surface area contributed by atoms with Crippen LogP contribution in [0.3, 0.4) is 0 Å². The molecule has 0 bridgehead atoms. The van der Waals surface area contributed by atoms with E-state index in [0.717, 1.165) is 0 Å². The Morgan fingerprint density at radius 2 is 1.54 bits per heavy atom. The van der Waals surface area contributed by atoms with Crippen molar-refractivity contribution in [1.29, 1.82) is 0 Å². The van der Waals surface area contributed by atoms with Crippen LogP contribution in [-0.4, -0.2) is 75.4 Å². The van der Waals surface area contributed by atoms with Crippen LogP contribution in [0.15, 0.2) is 42.9 Å². The van der Waals surface area contributed by atoms with Gasteiger partial charge in [-0.2, -0.15) is 0 Å². The number of aromatic nitrogens is 2. The van der Waals surface area contributed by atoms with Gasteiger partial charge >= 0.3 is 5.97 Å². The van der Waals surface area contributed by atoms with Gasteiger partial charge in [0.15, 0.2) is 0 Å². The molecule has 2 rings (SSSR count). The Balaban J connectivity index is 2.16. The van der Waals surface area contributed by atoms with Crippen molar-refractivity contribution in [1.82, 2.24) is 25.9 Å². The molecule has 212 valence electrons. The quantitative estimate of drug-likeness (QED) is 0.103. The molecule has 11 N–H and O–H groups in total. The van der Waals surface area contributed by atoms with Crippen molar-refractivity contribution >= 4 is 29.6 Å². The van der Waals surface area contributed by atoms with Crippen molar-refractivity contribution in [3.63, 3.8) is 0 Å². The normalized spacial score (nSPS) is 13.9. The average molecular weight is 545 g/mol. The lowest BCUT2D eigenvalue weighted by atomic mass is 10.0. The number of carboxylic acids is 1. The molecule has 0 saturated carbocycles. The molecule has 2 aromatic rings. The van der Waals surface area contributed by atoms with E-state index < -0.39 is 60.2 Å². The summed E-state index contributed by atoms with van der Waals surface area (Å²) in [5.41, 5.74) is 17.9. The van der Waals surface area contributed by atoms with Crippen molar-refractivity contribution < 1.29 is 29.1 Å². The van der Waals surface area contributed by atoms with Crippen LogP contribution in [0, 0.1) is 0 Å². The summed E-state index contributed by atoms with van der Waals surface area (Å²) in [6, 6.07) is 3.71. The number of carbonyl (C=O) groups excluding carboxylic acids is 4. The van der Waals surface area contributed by atoms with E-state index in [1.165, 1.54) is 12.5 Å². The minimum Gasteiger partial charge on any atom is -0.480 e. The number of H-pyrrole nitrogens is 1. The summed E-state index contributed by atoms with van der Waals surface area (Å²) in [5.74, 6) is -4.51. The highest BCUT2D eigenvalue weighted by Crippen LogP contribution is 2.07. The van der Waals surface area contributed by atoms with E-state index in [0.29, 0.717) is 37.1 Å². The smallest absolute Gasteiger partial charge is 0.326 e. The summed E-state index contributed by atoms with van der Waals surface area (Å²) in [5, 5.41) is 17.0. The van der Waals surface area contributed by atoms with Gasteiger partial charge in [-0.3, -0.25) is 19.2 Å². The van der Waals surface area contributed by atoms with Gasteiger partial charge in [-0.15, -0.1) is 0 Å². The van der Waals surface area contributed by atoms with Gasteiger partial charge in [0, 0.05) is 24.7 Å². The number of nitrogens with zero attached hydrogens (tertiary/aromatic N) is 1. The van der Waals surface area contributed by atoms with Gasteiger partial charge in [0.1, 0.15) is 18.1 Å². The first-order chi connectivity index (χ1) is 18.6. The molecule has 1 heterocycles. The number of amides is 4. The summed E-state index contributed by atoms with van der Waals surface area (Å²) < 4.78 is 0. The molecule has 4 unspecified atom stereocenters. The first kappa shape index (κ1) is 30.9. The predicted molar refractivity (Wildman–Crippen MR) is 141 cm³/mol. The molecule has 0 fully saturated rings. The summed E-state index contributed by atoms with van der Waals surface area (Å²) in [6.45, 7) is 0.455. The van der Waals surface area contributed by atoms with Gasteiger partial charge in [-0.1, -0.05) is 36.8 Å². The molecule has 1 aromatic heterocycles. The van der Waals surface area contributed by atoms with E-state index in [1.54, 1.807) is 30.3 Å². The maximum atomic E-state index is 13.2. The topological polar surface area (TPSA) is 248 Å². The van der Waals surface area contributed by atoms with Crippen molar-refractivity contribution in [3.8, 4) is 0 Å². The molecule has 0 saturated heterocycles. The van der Waals surface area contributed by atoms with Crippen LogP contribution in [0.5, 0.6) is 0 Å². The van der Waals surface area contributed by atoms with Crippen LogP contribution in [-0.2, 0) is 36.8 Å². The second-order valence-corrected chi connectivity index (χ2v) is 9.05.